The van der Waals surface area contributed by atoms with E-state index in [9.17, 15) is 13.2 Å². The van der Waals surface area contributed by atoms with Crippen molar-refractivity contribution in [2.45, 2.75) is 16.2 Å². The molecule has 24 heavy (non-hydrogen) atoms. The van der Waals surface area contributed by atoms with Crippen molar-refractivity contribution in [2.24, 2.45) is 0 Å². The smallest absolute Gasteiger partial charge is 0.251 e. The molecule has 2 rings (SSSR count). The van der Waals surface area contributed by atoms with Gasteiger partial charge in [0.1, 0.15) is 0 Å². The van der Waals surface area contributed by atoms with Crippen LogP contribution in [0.15, 0.2) is 58.3 Å². The minimum Gasteiger partial charge on any atom is -0.352 e. The summed E-state index contributed by atoms with van der Waals surface area (Å²) in [6.07, 6.45) is 1.88. The summed E-state index contributed by atoms with van der Waals surface area (Å²) in [5, 5.41) is 2.91. The van der Waals surface area contributed by atoms with Crippen molar-refractivity contribution in [1.29, 1.82) is 0 Å². The number of amides is 1. The predicted molar refractivity (Wildman–Crippen MR) is 98.7 cm³/mol. The Morgan fingerprint density at radius 1 is 1.17 bits per heavy atom. The van der Waals surface area contributed by atoms with Crippen LogP contribution in [0, 0.1) is 0 Å². The molecule has 0 aliphatic rings. The zero-order valence-corrected chi connectivity index (χ0v) is 15.5. The van der Waals surface area contributed by atoms with Crippen LogP contribution in [-0.4, -0.2) is 32.9 Å². The molecule has 0 bridgehead atoms. The van der Waals surface area contributed by atoms with Crippen molar-refractivity contribution in [2.75, 3.05) is 18.6 Å². The first-order chi connectivity index (χ1) is 11.4. The summed E-state index contributed by atoms with van der Waals surface area (Å²) in [6.45, 7) is 0.523. The van der Waals surface area contributed by atoms with Crippen LogP contribution < -0.4 is 5.32 Å². The van der Waals surface area contributed by atoms with Gasteiger partial charge >= 0.3 is 0 Å². The van der Waals surface area contributed by atoms with E-state index in [4.69, 9.17) is 11.6 Å². The van der Waals surface area contributed by atoms with E-state index in [1.165, 1.54) is 23.1 Å². The highest BCUT2D eigenvalue weighted by molar-refractivity contribution is 7.99. The SMILES string of the molecule is CS(=O)(=O)c1cc(C(=O)NCCCSc2ccccc2)ccc1Cl. The van der Waals surface area contributed by atoms with Crippen molar-refractivity contribution in [3.63, 3.8) is 0 Å². The van der Waals surface area contributed by atoms with Gasteiger partial charge in [0.2, 0.25) is 0 Å². The average molecular weight is 384 g/mol. The molecule has 0 unspecified atom stereocenters. The number of thioether (sulfide) groups is 1. The second-order valence-corrected chi connectivity index (χ2v) is 8.75. The molecule has 0 heterocycles. The van der Waals surface area contributed by atoms with E-state index in [1.54, 1.807) is 11.8 Å². The Morgan fingerprint density at radius 2 is 1.88 bits per heavy atom. The Hall–Kier alpha value is -1.50. The Labute approximate surface area is 151 Å². The van der Waals surface area contributed by atoms with Gasteiger partial charge in [0.05, 0.1) is 9.92 Å². The minimum atomic E-state index is -3.46. The van der Waals surface area contributed by atoms with Crippen LogP contribution in [0.25, 0.3) is 0 Å². The molecule has 0 spiro atoms. The fourth-order valence-corrected chi connectivity index (χ4v) is 4.19. The summed E-state index contributed by atoms with van der Waals surface area (Å²) in [7, 11) is -3.46. The van der Waals surface area contributed by atoms with Crippen LogP contribution in [0.1, 0.15) is 16.8 Å². The maximum atomic E-state index is 12.1. The third-order valence-electron chi connectivity index (χ3n) is 3.21. The molecule has 2 aromatic carbocycles. The van der Waals surface area contributed by atoms with Gasteiger partial charge in [-0.2, -0.15) is 0 Å². The Balaban J connectivity index is 1.85. The fourth-order valence-electron chi connectivity index (χ4n) is 2.01. The average Bonchev–Trinajstić information content (AvgIpc) is 2.54. The number of carbonyl (C=O) groups excluding carboxylic acids is 1. The molecule has 0 saturated carbocycles. The molecule has 0 aliphatic heterocycles. The van der Waals surface area contributed by atoms with Gasteiger partial charge in [-0.25, -0.2) is 8.42 Å². The summed E-state index contributed by atoms with van der Waals surface area (Å²) >= 11 is 7.60. The van der Waals surface area contributed by atoms with Gasteiger partial charge in [0, 0.05) is 23.3 Å². The molecular formula is C17H18ClNO3S2. The highest BCUT2D eigenvalue weighted by atomic mass is 35.5. The van der Waals surface area contributed by atoms with Crippen molar-refractivity contribution in [1.82, 2.24) is 5.32 Å². The largest absolute Gasteiger partial charge is 0.352 e. The third-order valence-corrected chi connectivity index (χ3v) is 5.89. The number of hydrogen-bond acceptors (Lipinski definition) is 4. The lowest BCUT2D eigenvalue weighted by Crippen LogP contribution is -2.25. The molecule has 128 valence electrons. The van der Waals surface area contributed by atoms with Crippen LogP contribution in [0.3, 0.4) is 0 Å². The van der Waals surface area contributed by atoms with E-state index in [0.717, 1.165) is 18.4 Å². The first-order valence-electron chi connectivity index (χ1n) is 7.33. The lowest BCUT2D eigenvalue weighted by Gasteiger charge is -2.08. The van der Waals surface area contributed by atoms with Gasteiger partial charge in [-0.3, -0.25) is 4.79 Å². The maximum Gasteiger partial charge on any atom is 0.251 e. The number of sulfone groups is 1. The van der Waals surface area contributed by atoms with Gasteiger partial charge in [-0.1, -0.05) is 29.8 Å². The number of hydrogen-bond donors (Lipinski definition) is 1. The second-order valence-electron chi connectivity index (χ2n) is 5.19. The number of nitrogens with one attached hydrogen (secondary N) is 1. The highest BCUT2D eigenvalue weighted by Crippen LogP contribution is 2.22. The molecule has 7 heteroatoms. The number of benzene rings is 2. The Bertz CT molecular complexity index is 808. The van der Waals surface area contributed by atoms with E-state index in [2.05, 4.69) is 5.32 Å². The van der Waals surface area contributed by atoms with Gasteiger partial charge in [-0.15, -0.1) is 11.8 Å². The van der Waals surface area contributed by atoms with Crippen LogP contribution in [0.5, 0.6) is 0 Å². The molecule has 0 aliphatic carbocycles. The first kappa shape index (κ1) is 18.8. The lowest BCUT2D eigenvalue weighted by molar-refractivity contribution is 0.0953. The topological polar surface area (TPSA) is 63.2 Å². The van der Waals surface area contributed by atoms with E-state index in [1.807, 2.05) is 30.3 Å². The molecule has 0 aromatic heterocycles. The molecule has 4 nitrogen and oxygen atoms in total. The van der Waals surface area contributed by atoms with E-state index in [-0.39, 0.29) is 21.4 Å². The van der Waals surface area contributed by atoms with Crippen molar-refractivity contribution >= 4 is 39.1 Å². The minimum absolute atomic E-state index is 0.0311. The Kier molecular flexibility index (Phi) is 6.71. The van der Waals surface area contributed by atoms with Gasteiger partial charge in [0.15, 0.2) is 9.84 Å². The van der Waals surface area contributed by atoms with E-state index < -0.39 is 9.84 Å². The molecule has 1 N–H and O–H groups in total. The molecule has 2 aromatic rings. The number of rotatable bonds is 7. The zero-order valence-electron chi connectivity index (χ0n) is 13.2. The number of carbonyl (C=O) groups is 1. The number of halogens is 1. The zero-order chi connectivity index (χ0) is 17.6. The molecule has 0 atom stereocenters. The van der Waals surface area contributed by atoms with Crippen molar-refractivity contribution in [3.05, 3.63) is 59.1 Å². The standard InChI is InChI=1S/C17H18ClNO3S2/c1-24(21,22)16-12-13(8-9-15(16)18)17(20)19-10-5-11-23-14-6-3-2-4-7-14/h2-4,6-9,12H,5,10-11H2,1H3,(H,19,20). The highest BCUT2D eigenvalue weighted by Gasteiger charge is 2.15. The van der Waals surface area contributed by atoms with Gasteiger partial charge < -0.3 is 5.32 Å². The molecule has 0 saturated heterocycles. The summed E-state index contributed by atoms with van der Waals surface area (Å²) in [6, 6.07) is 14.3. The molecular weight excluding hydrogens is 366 g/mol. The maximum absolute atomic E-state index is 12.1. The summed E-state index contributed by atoms with van der Waals surface area (Å²) in [4.78, 5) is 13.3. The monoisotopic (exact) mass is 383 g/mol. The van der Waals surface area contributed by atoms with Crippen molar-refractivity contribution < 1.29 is 13.2 Å². The third kappa shape index (κ3) is 5.54. The van der Waals surface area contributed by atoms with Crippen molar-refractivity contribution in [3.8, 4) is 0 Å². The molecule has 0 radical (unpaired) electrons. The normalized spacial score (nSPS) is 11.2. The van der Waals surface area contributed by atoms with Crippen LogP contribution in [0.4, 0.5) is 0 Å². The van der Waals surface area contributed by atoms with Crippen LogP contribution in [0.2, 0.25) is 5.02 Å². The van der Waals surface area contributed by atoms with Crippen LogP contribution in [-0.2, 0) is 9.84 Å². The second kappa shape index (κ2) is 8.55. The molecule has 0 fully saturated rings. The lowest BCUT2D eigenvalue weighted by atomic mass is 10.2. The van der Waals surface area contributed by atoms with Gasteiger partial charge in [0.25, 0.3) is 5.91 Å². The first-order valence-corrected chi connectivity index (χ1v) is 10.6. The summed E-state index contributed by atoms with van der Waals surface area (Å²) in [5.74, 6) is 0.584. The van der Waals surface area contributed by atoms with Gasteiger partial charge in [-0.05, 0) is 42.5 Å². The quantitative estimate of drug-likeness (QED) is 0.585. The predicted octanol–water partition coefficient (Wildman–Crippen LogP) is 3.66. The fraction of sp³-hybridized carbons (Fsp3) is 0.235. The van der Waals surface area contributed by atoms with Crippen LogP contribution >= 0.6 is 23.4 Å². The van der Waals surface area contributed by atoms with E-state index in [0.29, 0.717) is 6.54 Å². The molecule has 1 amide bonds. The Morgan fingerprint density at radius 3 is 2.54 bits per heavy atom. The summed E-state index contributed by atoms with van der Waals surface area (Å²) in [5.41, 5.74) is 0.288. The summed E-state index contributed by atoms with van der Waals surface area (Å²) < 4.78 is 23.3. The van der Waals surface area contributed by atoms with E-state index >= 15 is 0 Å².